The third-order valence-corrected chi connectivity index (χ3v) is 2.09. The summed E-state index contributed by atoms with van der Waals surface area (Å²) in [4.78, 5) is 11.5. The van der Waals surface area contributed by atoms with E-state index in [1.54, 1.807) is 6.08 Å². The average Bonchev–Trinajstić information content (AvgIpc) is 2.81. The molecule has 0 saturated carbocycles. The van der Waals surface area contributed by atoms with Crippen LogP contribution in [0.5, 0.6) is 5.75 Å². The molecule has 1 heterocycles. The lowest BCUT2D eigenvalue weighted by molar-refractivity contribution is -0.120. The molecule has 1 aliphatic rings. The summed E-state index contributed by atoms with van der Waals surface area (Å²) in [5.41, 5.74) is 0. The molecule has 0 unspecified atom stereocenters. The number of benzene rings is 1. The van der Waals surface area contributed by atoms with Crippen molar-refractivity contribution in [2.75, 3.05) is 13.2 Å². The van der Waals surface area contributed by atoms with E-state index in [9.17, 15) is 4.79 Å². The summed E-state index contributed by atoms with van der Waals surface area (Å²) in [6.45, 7) is 0.641. The van der Waals surface area contributed by atoms with Crippen LogP contribution in [-0.4, -0.2) is 19.0 Å². The summed E-state index contributed by atoms with van der Waals surface area (Å²) >= 11 is 0. The van der Waals surface area contributed by atoms with E-state index in [1.165, 1.54) is 0 Å². The second-order valence-electron chi connectivity index (χ2n) is 3.23. The van der Waals surface area contributed by atoms with Crippen LogP contribution in [0, 0.1) is 0 Å². The van der Waals surface area contributed by atoms with Crippen molar-refractivity contribution in [1.29, 1.82) is 0 Å². The topological polar surface area (TPSA) is 35.5 Å². The van der Waals surface area contributed by atoms with Crippen molar-refractivity contribution < 1.29 is 14.3 Å². The summed E-state index contributed by atoms with van der Waals surface area (Å²) in [6, 6.07) is 9.27. The molecule has 78 valence electrons. The van der Waals surface area contributed by atoms with Gasteiger partial charge < -0.3 is 9.47 Å². The van der Waals surface area contributed by atoms with Gasteiger partial charge in [-0.05, 0) is 18.2 Å². The van der Waals surface area contributed by atoms with Crippen molar-refractivity contribution in [3.05, 3.63) is 42.2 Å². The lowest BCUT2D eigenvalue weighted by Gasteiger charge is -2.05. The van der Waals surface area contributed by atoms with Gasteiger partial charge in [0.15, 0.2) is 12.4 Å². The van der Waals surface area contributed by atoms with Crippen molar-refractivity contribution in [3.63, 3.8) is 0 Å². The Bertz CT molecular complexity index is 368. The molecule has 1 aliphatic heterocycles. The van der Waals surface area contributed by atoms with E-state index in [0.717, 1.165) is 6.42 Å². The molecule has 15 heavy (non-hydrogen) atoms. The molecule has 2 rings (SSSR count). The molecule has 0 aromatic heterocycles. The van der Waals surface area contributed by atoms with Crippen LogP contribution in [0.3, 0.4) is 0 Å². The normalized spacial score (nSPS) is 14.3. The van der Waals surface area contributed by atoms with Gasteiger partial charge in [-0.25, -0.2) is 0 Å². The Morgan fingerprint density at radius 2 is 2.13 bits per heavy atom. The number of ether oxygens (including phenoxy) is 2. The highest BCUT2D eigenvalue weighted by atomic mass is 16.5. The highest BCUT2D eigenvalue weighted by Crippen LogP contribution is 2.12. The molecular weight excluding hydrogens is 192 g/mol. The number of ketones is 1. The SMILES string of the molecule is O=C(COc1ccccc1)C1=CCCO1. The third kappa shape index (κ3) is 2.59. The van der Waals surface area contributed by atoms with Gasteiger partial charge in [-0.2, -0.15) is 0 Å². The number of carbonyl (C=O) groups is 1. The van der Waals surface area contributed by atoms with Gasteiger partial charge in [0.05, 0.1) is 6.61 Å². The van der Waals surface area contributed by atoms with E-state index in [4.69, 9.17) is 9.47 Å². The molecule has 0 radical (unpaired) electrons. The first kappa shape index (κ1) is 9.77. The summed E-state index contributed by atoms with van der Waals surface area (Å²) < 4.78 is 10.4. The Balaban J connectivity index is 1.86. The molecule has 0 bridgehead atoms. The van der Waals surface area contributed by atoms with Gasteiger partial charge in [0.1, 0.15) is 5.75 Å². The van der Waals surface area contributed by atoms with Gasteiger partial charge in [0, 0.05) is 6.42 Å². The monoisotopic (exact) mass is 204 g/mol. The maximum atomic E-state index is 11.5. The fourth-order valence-electron chi connectivity index (χ4n) is 1.35. The second-order valence-corrected chi connectivity index (χ2v) is 3.23. The first-order valence-electron chi connectivity index (χ1n) is 4.90. The van der Waals surface area contributed by atoms with E-state index < -0.39 is 0 Å². The van der Waals surface area contributed by atoms with Gasteiger partial charge in [-0.15, -0.1) is 0 Å². The molecule has 0 spiro atoms. The van der Waals surface area contributed by atoms with Crippen LogP contribution >= 0.6 is 0 Å². The lowest BCUT2D eigenvalue weighted by atomic mass is 10.3. The Morgan fingerprint density at radius 3 is 2.80 bits per heavy atom. The highest BCUT2D eigenvalue weighted by Gasteiger charge is 2.15. The van der Waals surface area contributed by atoms with Crippen molar-refractivity contribution in [1.82, 2.24) is 0 Å². The number of carbonyl (C=O) groups excluding carboxylic acids is 1. The fraction of sp³-hybridized carbons (Fsp3) is 0.250. The van der Waals surface area contributed by atoms with E-state index in [2.05, 4.69) is 0 Å². The van der Waals surface area contributed by atoms with Crippen molar-refractivity contribution >= 4 is 5.78 Å². The minimum atomic E-state index is -0.101. The van der Waals surface area contributed by atoms with Crippen LogP contribution in [0.15, 0.2) is 42.2 Å². The Morgan fingerprint density at radius 1 is 1.33 bits per heavy atom. The predicted molar refractivity (Wildman–Crippen MR) is 55.6 cm³/mol. The molecule has 0 amide bonds. The third-order valence-electron chi connectivity index (χ3n) is 2.09. The van der Waals surface area contributed by atoms with Gasteiger partial charge >= 0.3 is 0 Å². The number of para-hydroxylation sites is 1. The zero-order chi connectivity index (χ0) is 10.5. The molecule has 0 N–H and O–H groups in total. The van der Waals surface area contributed by atoms with Gasteiger partial charge in [-0.1, -0.05) is 18.2 Å². The van der Waals surface area contributed by atoms with Crippen LogP contribution in [0.1, 0.15) is 6.42 Å². The maximum absolute atomic E-state index is 11.5. The molecular formula is C12H12O3. The van der Waals surface area contributed by atoms with Crippen LogP contribution < -0.4 is 4.74 Å². The average molecular weight is 204 g/mol. The molecule has 0 aliphatic carbocycles. The summed E-state index contributed by atoms with van der Waals surface area (Å²) in [6.07, 6.45) is 2.61. The van der Waals surface area contributed by atoms with E-state index in [1.807, 2.05) is 30.3 Å². The van der Waals surface area contributed by atoms with Crippen molar-refractivity contribution in [2.45, 2.75) is 6.42 Å². The number of rotatable bonds is 4. The lowest BCUT2D eigenvalue weighted by Crippen LogP contribution is -2.13. The fourth-order valence-corrected chi connectivity index (χ4v) is 1.35. The quantitative estimate of drug-likeness (QED) is 0.751. The molecule has 0 atom stereocenters. The van der Waals surface area contributed by atoms with Gasteiger partial charge in [0.25, 0.3) is 0 Å². The summed E-state index contributed by atoms with van der Waals surface area (Å²) in [5, 5.41) is 0. The molecule has 3 nitrogen and oxygen atoms in total. The zero-order valence-corrected chi connectivity index (χ0v) is 8.31. The Kier molecular flexibility index (Phi) is 3.02. The van der Waals surface area contributed by atoms with Crippen LogP contribution in [0.25, 0.3) is 0 Å². The van der Waals surface area contributed by atoms with E-state index >= 15 is 0 Å². The van der Waals surface area contributed by atoms with Crippen molar-refractivity contribution in [3.8, 4) is 5.75 Å². The number of hydrogen-bond acceptors (Lipinski definition) is 3. The van der Waals surface area contributed by atoms with Crippen molar-refractivity contribution in [2.24, 2.45) is 0 Å². The summed E-state index contributed by atoms with van der Waals surface area (Å²) in [5.74, 6) is 1.03. The van der Waals surface area contributed by atoms with E-state index in [-0.39, 0.29) is 12.4 Å². The highest BCUT2D eigenvalue weighted by molar-refractivity contribution is 5.94. The minimum Gasteiger partial charge on any atom is -0.490 e. The number of hydrogen-bond donors (Lipinski definition) is 0. The predicted octanol–water partition coefficient (Wildman–Crippen LogP) is 1.94. The minimum absolute atomic E-state index is 0.0375. The largest absolute Gasteiger partial charge is 0.490 e. The van der Waals surface area contributed by atoms with Crippen LogP contribution in [0.2, 0.25) is 0 Å². The van der Waals surface area contributed by atoms with Gasteiger partial charge in [-0.3, -0.25) is 4.79 Å². The van der Waals surface area contributed by atoms with Crippen LogP contribution in [0.4, 0.5) is 0 Å². The molecule has 1 aromatic rings. The Hall–Kier alpha value is -1.77. The molecule has 0 saturated heterocycles. The van der Waals surface area contributed by atoms with E-state index in [0.29, 0.717) is 18.1 Å². The first-order valence-corrected chi connectivity index (χ1v) is 4.90. The first-order chi connectivity index (χ1) is 7.36. The van der Waals surface area contributed by atoms with Crippen LogP contribution in [-0.2, 0) is 9.53 Å². The molecule has 0 fully saturated rings. The molecule has 1 aromatic carbocycles. The number of Topliss-reactive ketones (excluding diaryl/α,β-unsaturated/α-hetero) is 1. The zero-order valence-electron chi connectivity index (χ0n) is 8.31. The van der Waals surface area contributed by atoms with Gasteiger partial charge in [0.2, 0.25) is 5.78 Å². The standard InChI is InChI=1S/C12H12O3/c13-11(12-7-4-8-14-12)9-15-10-5-2-1-3-6-10/h1-3,5-7H,4,8-9H2. The molecule has 3 heteroatoms. The smallest absolute Gasteiger partial charge is 0.234 e. The Labute approximate surface area is 88.3 Å². The second kappa shape index (κ2) is 4.64. The summed E-state index contributed by atoms with van der Waals surface area (Å²) in [7, 11) is 0. The maximum Gasteiger partial charge on any atom is 0.234 e.